The predicted molar refractivity (Wildman–Crippen MR) is 122 cm³/mol. The Morgan fingerprint density at radius 1 is 0.844 bits per heavy atom. The number of anilines is 2. The highest BCUT2D eigenvalue weighted by Crippen LogP contribution is 2.35. The van der Waals surface area contributed by atoms with Crippen LogP contribution in [0.2, 0.25) is 5.02 Å². The van der Waals surface area contributed by atoms with Gasteiger partial charge in [0.2, 0.25) is 20.7 Å². The van der Waals surface area contributed by atoms with Gasteiger partial charge in [-0.15, -0.1) is 0 Å². The number of benzene rings is 2. The maximum atomic E-state index is 13.4. The van der Waals surface area contributed by atoms with Gasteiger partial charge >= 0.3 is 0 Å². The molecule has 0 unspecified atom stereocenters. The molecular formula is C23H20ClN3O4S. The minimum Gasteiger partial charge on any atom is -0.459 e. The molecule has 4 aromatic rings. The van der Waals surface area contributed by atoms with Crippen LogP contribution in [0.25, 0.3) is 11.7 Å². The van der Waals surface area contributed by atoms with Crippen LogP contribution in [-0.2, 0) is 9.84 Å². The third kappa shape index (κ3) is 3.87. The van der Waals surface area contributed by atoms with E-state index in [0.717, 1.165) is 18.8 Å². The third-order valence-electron chi connectivity index (χ3n) is 5.38. The van der Waals surface area contributed by atoms with E-state index in [9.17, 15) is 8.42 Å². The number of aromatic nitrogens is 1. The van der Waals surface area contributed by atoms with Crippen LogP contribution in [0, 0.1) is 0 Å². The van der Waals surface area contributed by atoms with Crippen molar-refractivity contribution in [2.75, 3.05) is 36.0 Å². The van der Waals surface area contributed by atoms with E-state index in [1.165, 1.54) is 18.4 Å². The van der Waals surface area contributed by atoms with Crippen molar-refractivity contribution in [1.82, 2.24) is 4.98 Å². The maximum absolute atomic E-state index is 13.4. The van der Waals surface area contributed by atoms with Gasteiger partial charge in [-0.1, -0.05) is 29.8 Å². The number of hydrogen-bond acceptors (Lipinski definition) is 7. The molecule has 2 aromatic heterocycles. The third-order valence-corrected chi connectivity index (χ3v) is 7.30. The van der Waals surface area contributed by atoms with Gasteiger partial charge in [-0.25, -0.2) is 8.42 Å². The first-order valence-corrected chi connectivity index (χ1v) is 12.0. The molecule has 1 fully saturated rings. The summed E-state index contributed by atoms with van der Waals surface area (Å²) in [6.07, 6.45) is 1.49. The zero-order valence-corrected chi connectivity index (χ0v) is 18.6. The molecule has 0 radical (unpaired) electrons. The predicted octanol–water partition coefficient (Wildman–Crippen LogP) is 4.75. The van der Waals surface area contributed by atoms with Gasteiger partial charge < -0.3 is 18.6 Å². The van der Waals surface area contributed by atoms with Crippen molar-refractivity contribution < 1.29 is 17.3 Å². The summed E-state index contributed by atoms with van der Waals surface area (Å²) in [6.45, 7) is 2.62. The highest BCUT2D eigenvalue weighted by molar-refractivity contribution is 7.91. The zero-order valence-electron chi connectivity index (χ0n) is 17.0. The Morgan fingerprint density at radius 3 is 2.19 bits per heavy atom. The van der Waals surface area contributed by atoms with Crippen LogP contribution in [0.5, 0.6) is 0 Å². The van der Waals surface area contributed by atoms with E-state index in [1.54, 1.807) is 24.3 Å². The number of piperazine rings is 1. The number of halogens is 1. The van der Waals surface area contributed by atoms with E-state index in [4.69, 9.17) is 20.4 Å². The number of sulfone groups is 1. The zero-order chi connectivity index (χ0) is 22.1. The van der Waals surface area contributed by atoms with Crippen LogP contribution in [-0.4, -0.2) is 39.6 Å². The minimum absolute atomic E-state index is 0.102. The van der Waals surface area contributed by atoms with Gasteiger partial charge in [-0.05, 0) is 48.5 Å². The fourth-order valence-electron chi connectivity index (χ4n) is 3.71. The molecule has 0 atom stereocenters. The molecule has 1 aliphatic heterocycles. The molecule has 0 bridgehead atoms. The van der Waals surface area contributed by atoms with Gasteiger partial charge in [0.1, 0.15) is 0 Å². The summed E-state index contributed by atoms with van der Waals surface area (Å²) in [7, 11) is -3.93. The SMILES string of the molecule is O=S(=O)(c1ccc(Cl)cc1)c1nc(-c2ccco2)oc1N1CCN(c2ccccc2)CC1. The Morgan fingerprint density at radius 2 is 1.53 bits per heavy atom. The molecule has 0 spiro atoms. The molecule has 0 N–H and O–H groups in total. The first-order valence-electron chi connectivity index (χ1n) is 10.1. The van der Waals surface area contributed by atoms with Gasteiger partial charge in [0.15, 0.2) is 5.76 Å². The van der Waals surface area contributed by atoms with Crippen molar-refractivity contribution >= 4 is 33.0 Å². The number of oxazole rings is 1. The molecular weight excluding hydrogens is 450 g/mol. The average Bonchev–Trinajstić information content (AvgIpc) is 3.51. The van der Waals surface area contributed by atoms with Crippen molar-refractivity contribution in [2.45, 2.75) is 9.92 Å². The highest BCUT2D eigenvalue weighted by atomic mass is 35.5. The van der Waals surface area contributed by atoms with Crippen molar-refractivity contribution in [1.29, 1.82) is 0 Å². The van der Waals surface area contributed by atoms with Gasteiger partial charge in [0.25, 0.3) is 5.89 Å². The monoisotopic (exact) mass is 469 g/mol. The highest BCUT2D eigenvalue weighted by Gasteiger charge is 2.33. The second-order valence-corrected chi connectivity index (χ2v) is 9.68. The second-order valence-electron chi connectivity index (χ2n) is 7.37. The van der Waals surface area contributed by atoms with E-state index in [0.29, 0.717) is 23.9 Å². The molecule has 1 aliphatic rings. The standard InChI is InChI=1S/C23H20ClN3O4S/c24-17-8-10-19(11-9-17)32(28,29)22-23(31-21(25-22)20-7-4-16-30-20)27-14-12-26(13-15-27)18-5-2-1-3-6-18/h1-11,16H,12-15H2. The topological polar surface area (TPSA) is 79.8 Å². The Bertz CT molecular complexity index is 1300. The first-order chi connectivity index (χ1) is 15.5. The number of nitrogens with zero attached hydrogens (tertiary/aromatic N) is 3. The van der Waals surface area contributed by atoms with Crippen molar-refractivity contribution in [3.05, 3.63) is 78.0 Å². The fraction of sp³-hybridized carbons (Fsp3) is 0.174. The summed E-state index contributed by atoms with van der Waals surface area (Å²) in [4.78, 5) is 8.62. The minimum atomic E-state index is -3.93. The Hall–Kier alpha value is -3.23. The fourth-order valence-corrected chi connectivity index (χ4v) is 5.16. The Balaban J connectivity index is 1.50. The summed E-state index contributed by atoms with van der Waals surface area (Å²) >= 11 is 5.94. The summed E-state index contributed by atoms with van der Waals surface area (Å²) in [5.41, 5.74) is 1.13. The van der Waals surface area contributed by atoms with E-state index in [1.807, 2.05) is 23.1 Å². The molecule has 7 nitrogen and oxygen atoms in total. The van der Waals surface area contributed by atoms with Crippen LogP contribution in [0.3, 0.4) is 0 Å². The molecule has 3 heterocycles. The lowest BCUT2D eigenvalue weighted by molar-refractivity contribution is 0.498. The summed E-state index contributed by atoms with van der Waals surface area (Å²) in [5.74, 6) is 0.716. The lowest BCUT2D eigenvalue weighted by atomic mass is 10.2. The molecule has 0 saturated carbocycles. The van der Waals surface area contributed by atoms with E-state index < -0.39 is 9.84 Å². The molecule has 9 heteroatoms. The number of furan rings is 1. The molecule has 1 saturated heterocycles. The molecule has 2 aromatic carbocycles. The van der Waals surface area contributed by atoms with Gasteiger partial charge in [0, 0.05) is 36.9 Å². The maximum Gasteiger partial charge on any atom is 0.266 e. The van der Waals surface area contributed by atoms with Crippen molar-refractivity contribution in [3.8, 4) is 11.7 Å². The van der Waals surface area contributed by atoms with Crippen LogP contribution in [0.4, 0.5) is 11.6 Å². The van der Waals surface area contributed by atoms with Gasteiger partial charge in [-0.3, -0.25) is 0 Å². The molecule has 0 amide bonds. The van der Waals surface area contributed by atoms with Crippen LogP contribution >= 0.6 is 11.6 Å². The van der Waals surface area contributed by atoms with E-state index in [2.05, 4.69) is 22.0 Å². The Labute approximate surface area is 190 Å². The van der Waals surface area contributed by atoms with E-state index >= 15 is 0 Å². The Kier molecular flexibility index (Phi) is 5.40. The molecule has 32 heavy (non-hydrogen) atoms. The van der Waals surface area contributed by atoms with Crippen LogP contribution < -0.4 is 9.80 Å². The molecule has 0 aliphatic carbocycles. The normalized spacial score (nSPS) is 14.7. The first kappa shape index (κ1) is 20.7. The van der Waals surface area contributed by atoms with Gasteiger partial charge in [0.05, 0.1) is 11.2 Å². The van der Waals surface area contributed by atoms with Crippen molar-refractivity contribution in [2.24, 2.45) is 0 Å². The van der Waals surface area contributed by atoms with Crippen molar-refractivity contribution in [3.63, 3.8) is 0 Å². The summed E-state index contributed by atoms with van der Waals surface area (Å²) in [6, 6.07) is 19.5. The molecule has 5 rings (SSSR count). The van der Waals surface area contributed by atoms with Gasteiger partial charge in [-0.2, -0.15) is 4.98 Å². The summed E-state index contributed by atoms with van der Waals surface area (Å²) < 4.78 is 38.2. The quantitative estimate of drug-likeness (QED) is 0.417. The lowest BCUT2D eigenvalue weighted by Gasteiger charge is -2.36. The summed E-state index contributed by atoms with van der Waals surface area (Å²) in [5, 5.41) is 0.331. The number of rotatable bonds is 5. The average molecular weight is 470 g/mol. The van der Waals surface area contributed by atoms with Crippen LogP contribution in [0.1, 0.15) is 0 Å². The second kappa shape index (κ2) is 8.37. The molecule has 164 valence electrons. The smallest absolute Gasteiger partial charge is 0.266 e. The lowest BCUT2D eigenvalue weighted by Crippen LogP contribution is -2.46. The largest absolute Gasteiger partial charge is 0.459 e. The number of hydrogen-bond donors (Lipinski definition) is 0. The number of para-hydroxylation sites is 1. The van der Waals surface area contributed by atoms with Crippen LogP contribution in [0.15, 0.2) is 91.7 Å². The van der Waals surface area contributed by atoms with E-state index in [-0.39, 0.29) is 21.7 Å².